The van der Waals surface area contributed by atoms with Crippen LogP contribution < -0.4 is 4.90 Å². The Kier molecular flexibility index (Phi) is 8.92. The van der Waals surface area contributed by atoms with Gasteiger partial charge in [-0.2, -0.15) is 0 Å². The zero-order valence-electron chi connectivity index (χ0n) is 19.4. The molecule has 3 aromatic rings. The largest absolute Gasteiger partial charge is 0.480 e. The molecule has 7 nitrogen and oxygen atoms in total. The number of carboxylic acid groups (broad SMARTS) is 1. The van der Waals surface area contributed by atoms with Crippen LogP contribution in [0.2, 0.25) is 0 Å². The normalized spacial score (nSPS) is 11.0. The van der Waals surface area contributed by atoms with E-state index in [1.54, 1.807) is 0 Å². The van der Waals surface area contributed by atoms with Crippen LogP contribution in [0.1, 0.15) is 19.5 Å². The van der Waals surface area contributed by atoms with Crippen LogP contribution in [0.4, 0.5) is 5.82 Å². The van der Waals surface area contributed by atoms with Crippen molar-refractivity contribution < 1.29 is 19.4 Å². The maximum Gasteiger partial charge on any atom is 0.329 e. The van der Waals surface area contributed by atoms with Gasteiger partial charge >= 0.3 is 5.97 Å². The summed E-state index contributed by atoms with van der Waals surface area (Å²) in [5.74, 6) is -0.155. The molecule has 0 unspecified atom stereocenters. The lowest BCUT2D eigenvalue weighted by Gasteiger charge is -2.29. The summed E-state index contributed by atoms with van der Waals surface area (Å²) in [5.41, 5.74) is 4.60. The van der Waals surface area contributed by atoms with E-state index in [9.17, 15) is 4.79 Å². The molecule has 0 saturated carbocycles. The van der Waals surface area contributed by atoms with Crippen LogP contribution >= 0.6 is 0 Å². The summed E-state index contributed by atoms with van der Waals surface area (Å²) in [6.07, 6.45) is 0. The summed E-state index contributed by atoms with van der Waals surface area (Å²) < 4.78 is 10.7. The average molecular weight is 450 g/mol. The molecule has 0 atom stereocenters. The number of hydrogen-bond donors (Lipinski definition) is 1. The first-order chi connectivity index (χ1) is 16.0. The molecule has 3 rings (SSSR count). The Morgan fingerprint density at radius 3 is 1.97 bits per heavy atom. The van der Waals surface area contributed by atoms with Gasteiger partial charge in [0.1, 0.15) is 6.61 Å². The van der Waals surface area contributed by atoms with Crippen molar-refractivity contribution in [2.45, 2.75) is 26.8 Å². The Balaban J connectivity index is 1.84. The smallest absolute Gasteiger partial charge is 0.329 e. The minimum Gasteiger partial charge on any atom is -0.480 e. The topological polar surface area (TPSA) is 84.8 Å². The van der Waals surface area contributed by atoms with E-state index in [-0.39, 0.29) is 19.3 Å². The van der Waals surface area contributed by atoms with Gasteiger partial charge in [-0.1, -0.05) is 60.7 Å². The van der Waals surface area contributed by atoms with E-state index < -0.39 is 5.97 Å². The molecule has 0 saturated heterocycles. The van der Waals surface area contributed by atoms with E-state index in [0.717, 1.165) is 34.0 Å². The lowest BCUT2D eigenvalue weighted by Crippen LogP contribution is -2.35. The van der Waals surface area contributed by atoms with Crippen molar-refractivity contribution in [3.63, 3.8) is 0 Å². The Hall–Kier alpha value is -3.29. The summed E-state index contributed by atoms with van der Waals surface area (Å²) in [6, 6.07) is 20.4. The lowest BCUT2D eigenvalue weighted by molar-refractivity contribution is -0.142. The second-order valence-corrected chi connectivity index (χ2v) is 7.91. The van der Waals surface area contributed by atoms with Gasteiger partial charge in [0.2, 0.25) is 0 Å². The number of aromatic nitrogens is 2. The van der Waals surface area contributed by atoms with Crippen LogP contribution in [0.25, 0.3) is 22.5 Å². The van der Waals surface area contributed by atoms with Crippen molar-refractivity contribution in [2.24, 2.45) is 0 Å². The Bertz CT molecular complexity index is 1030. The van der Waals surface area contributed by atoms with E-state index >= 15 is 0 Å². The molecule has 2 aromatic carbocycles. The van der Waals surface area contributed by atoms with Crippen LogP contribution in [0.5, 0.6) is 0 Å². The highest BCUT2D eigenvalue weighted by molar-refractivity contribution is 5.79. The van der Waals surface area contributed by atoms with Gasteiger partial charge in [0.05, 0.1) is 36.9 Å². The molecule has 1 heterocycles. The summed E-state index contributed by atoms with van der Waals surface area (Å²) in [7, 11) is 0. The molecule has 0 radical (unpaired) electrons. The van der Waals surface area contributed by atoms with Crippen LogP contribution in [0.15, 0.2) is 60.7 Å². The predicted octanol–water partition coefficient (Wildman–Crippen LogP) is 4.45. The van der Waals surface area contributed by atoms with Crippen molar-refractivity contribution in [3.8, 4) is 22.5 Å². The van der Waals surface area contributed by atoms with Crippen molar-refractivity contribution in [1.29, 1.82) is 0 Å². The number of carbonyl (C=O) groups is 1. The number of ether oxygens (including phenoxy) is 2. The fraction of sp³-hybridized carbons (Fsp3) is 0.346. The molecule has 0 aliphatic heterocycles. The van der Waals surface area contributed by atoms with Crippen molar-refractivity contribution in [3.05, 3.63) is 66.4 Å². The third kappa shape index (κ3) is 6.84. The van der Waals surface area contributed by atoms with E-state index in [0.29, 0.717) is 19.8 Å². The Labute approximate surface area is 195 Å². The standard InChI is InChI=1S/C26H31N3O4/c1-19(2)29(14-15-32-16-17-33-18-23(30)31)26-20(3)27-24(21-10-6-4-7-11-21)25(28-26)22-12-8-5-9-13-22/h4-13,19H,14-18H2,1-3H3,(H,30,31). The third-order valence-electron chi connectivity index (χ3n) is 5.11. The first-order valence-electron chi connectivity index (χ1n) is 11.1. The summed E-state index contributed by atoms with van der Waals surface area (Å²) >= 11 is 0. The summed E-state index contributed by atoms with van der Waals surface area (Å²) in [4.78, 5) is 22.8. The fourth-order valence-electron chi connectivity index (χ4n) is 3.53. The molecule has 0 spiro atoms. The number of aliphatic carboxylic acids is 1. The van der Waals surface area contributed by atoms with Gasteiger partial charge in [0.25, 0.3) is 0 Å². The number of anilines is 1. The minimum atomic E-state index is -0.983. The second kappa shape index (κ2) is 12.1. The molecule has 0 aliphatic carbocycles. The van der Waals surface area contributed by atoms with Crippen molar-refractivity contribution >= 4 is 11.8 Å². The molecular weight excluding hydrogens is 418 g/mol. The molecule has 0 fully saturated rings. The maximum absolute atomic E-state index is 10.5. The van der Waals surface area contributed by atoms with Crippen molar-refractivity contribution in [2.75, 3.05) is 37.9 Å². The molecule has 0 bridgehead atoms. The molecule has 33 heavy (non-hydrogen) atoms. The summed E-state index contributed by atoms with van der Waals surface area (Å²) in [6.45, 7) is 7.59. The highest BCUT2D eigenvalue weighted by Crippen LogP contribution is 2.32. The third-order valence-corrected chi connectivity index (χ3v) is 5.11. The Morgan fingerprint density at radius 1 is 0.879 bits per heavy atom. The number of aryl methyl sites for hydroxylation is 1. The average Bonchev–Trinajstić information content (AvgIpc) is 2.82. The van der Waals surface area contributed by atoms with Crippen LogP contribution in [-0.4, -0.2) is 60.1 Å². The van der Waals surface area contributed by atoms with E-state index in [4.69, 9.17) is 24.5 Å². The zero-order valence-corrected chi connectivity index (χ0v) is 19.4. The summed E-state index contributed by atoms with van der Waals surface area (Å²) in [5, 5.41) is 8.61. The predicted molar refractivity (Wildman–Crippen MR) is 129 cm³/mol. The molecule has 1 N–H and O–H groups in total. The first kappa shape index (κ1) is 24.4. The highest BCUT2D eigenvalue weighted by atomic mass is 16.5. The van der Waals surface area contributed by atoms with Gasteiger partial charge in [-0.15, -0.1) is 0 Å². The van der Waals surface area contributed by atoms with Crippen LogP contribution in [0, 0.1) is 6.92 Å². The van der Waals surface area contributed by atoms with Crippen molar-refractivity contribution in [1.82, 2.24) is 9.97 Å². The van der Waals surface area contributed by atoms with Gasteiger partial charge in [0.15, 0.2) is 5.82 Å². The van der Waals surface area contributed by atoms with Crippen LogP contribution in [-0.2, 0) is 14.3 Å². The lowest BCUT2D eigenvalue weighted by atomic mass is 10.0. The zero-order chi connectivity index (χ0) is 23.6. The Morgan fingerprint density at radius 2 is 1.42 bits per heavy atom. The quantitative estimate of drug-likeness (QED) is 0.409. The van der Waals surface area contributed by atoms with Gasteiger partial charge < -0.3 is 19.5 Å². The van der Waals surface area contributed by atoms with Gasteiger partial charge in [-0.05, 0) is 20.8 Å². The number of hydrogen-bond acceptors (Lipinski definition) is 6. The molecule has 0 aliphatic rings. The number of rotatable bonds is 12. The molecule has 7 heteroatoms. The molecule has 1 aromatic heterocycles. The van der Waals surface area contributed by atoms with Gasteiger partial charge in [-0.25, -0.2) is 14.8 Å². The number of carboxylic acids is 1. The van der Waals surface area contributed by atoms with Crippen LogP contribution in [0.3, 0.4) is 0 Å². The number of benzene rings is 2. The maximum atomic E-state index is 10.5. The van der Waals surface area contributed by atoms with E-state index in [2.05, 4.69) is 43.0 Å². The van der Waals surface area contributed by atoms with Gasteiger partial charge in [-0.3, -0.25) is 0 Å². The highest BCUT2D eigenvalue weighted by Gasteiger charge is 2.20. The molecular formula is C26H31N3O4. The van der Waals surface area contributed by atoms with E-state index in [1.165, 1.54) is 0 Å². The minimum absolute atomic E-state index is 0.191. The second-order valence-electron chi connectivity index (χ2n) is 7.91. The fourth-order valence-corrected chi connectivity index (χ4v) is 3.53. The van der Waals surface area contributed by atoms with Gasteiger partial charge in [0, 0.05) is 23.7 Å². The molecule has 174 valence electrons. The monoisotopic (exact) mass is 449 g/mol. The first-order valence-corrected chi connectivity index (χ1v) is 11.1. The SMILES string of the molecule is Cc1nc(-c2ccccc2)c(-c2ccccc2)nc1N(CCOCCOCC(=O)O)C(C)C. The van der Waals surface area contributed by atoms with E-state index in [1.807, 2.05) is 43.3 Å². The molecule has 0 amide bonds. The number of nitrogens with zero attached hydrogens (tertiary/aromatic N) is 3.